The Morgan fingerprint density at radius 2 is 2.00 bits per heavy atom. The van der Waals surface area contributed by atoms with Crippen LogP contribution in [0, 0.1) is 0 Å². The van der Waals surface area contributed by atoms with E-state index < -0.39 is 5.97 Å². The van der Waals surface area contributed by atoms with Crippen molar-refractivity contribution in [2.45, 2.75) is 12.8 Å². The van der Waals surface area contributed by atoms with Gasteiger partial charge in [-0.05, 0) is 6.42 Å². The monoisotopic (exact) mass is 160 g/mol. The van der Waals surface area contributed by atoms with Crippen molar-refractivity contribution < 1.29 is 20.1 Å². The number of aliphatic hydroxyl groups is 2. The lowest BCUT2D eigenvalue weighted by molar-refractivity contribution is -0.136. The van der Waals surface area contributed by atoms with Gasteiger partial charge in [0.25, 0.3) is 0 Å². The summed E-state index contributed by atoms with van der Waals surface area (Å²) in [6, 6.07) is 0. The van der Waals surface area contributed by atoms with Crippen LogP contribution in [0.15, 0.2) is 11.6 Å². The molecule has 0 aromatic heterocycles. The highest BCUT2D eigenvalue weighted by Crippen LogP contribution is 2.05. The Hall–Kier alpha value is -0.870. The third-order valence-electron chi connectivity index (χ3n) is 1.19. The zero-order valence-electron chi connectivity index (χ0n) is 6.16. The first-order valence-electron chi connectivity index (χ1n) is 3.32. The Kier molecular flexibility index (Phi) is 5.42. The maximum absolute atomic E-state index is 10.2. The molecule has 4 nitrogen and oxygen atoms in total. The van der Waals surface area contributed by atoms with Crippen LogP contribution in [0.5, 0.6) is 0 Å². The van der Waals surface area contributed by atoms with E-state index in [1.165, 1.54) is 6.08 Å². The number of aliphatic hydroxyl groups excluding tert-OH is 2. The van der Waals surface area contributed by atoms with E-state index in [-0.39, 0.29) is 19.6 Å². The molecule has 0 heterocycles. The topological polar surface area (TPSA) is 77.8 Å². The third kappa shape index (κ3) is 5.57. The SMILES string of the molecule is O=C(O)CC(=CCO)CCO. The molecular weight excluding hydrogens is 148 g/mol. The average Bonchev–Trinajstić information content (AvgIpc) is 1.87. The molecule has 3 N–H and O–H groups in total. The van der Waals surface area contributed by atoms with Crippen LogP contribution in [-0.4, -0.2) is 34.5 Å². The number of carbonyl (C=O) groups is 1. The number of hydrogen-bond acceptors (Lipinski definition) is 3. The van der Waals surface area contributed by atoms with Crippen molar-refractivity contribution in [3.05, 3.63) is 11.6 Å². The molecule has 0 rings (SSSR count). The van der Waals surface area contributed by atoms with Crippen molar-refractivity contribution in [3.8, 4) is 0 Å². The molecule has 0 fully saturated rings. The number of hydrogen-bond donors (Lipinski definition) is 3. The van der Waals surface area contributed by atoms with Gasteiger partial charge in [0, 0.05) is 6.61 Å². The quantitative estimate of drug-likeness (QED) is 0.485. The maximum Gasteiger partial charge on any atom is 0.307 e. The van der Waals surface area contributed by atoms with E-state index in [9.17, 15) is 4.79 Å². The van der Waals surface area contributed by atoms with Crippen molar-refractivity contribution in [1.29, 1.82) is 0 Å². The Morgan fingerprint density at radius 3 is 2.36 bits per heavy atom. The number of rotatable bonds is 5. The van der Waals surface area contributed by atoms with Crippen LogP contribution in [0.3, 0.4) is 0 Å². The van der Waals surface area contributed by atoms with Crippen molar-refractivity contribution in [3.63, 3.8) is 0 Å². The number of aliphatic carboxylic acids is 1. The van der Waals surface area contributed by atoms with Crippen molar-refractivity contribution in [1.82, 2.24) is 0 Å². The molecule has 0 aromatic rings. The van der Waals surface area contributed by atoms with Gasteiger partial charge in [-0.2, -0.15) is 0 Å². The first-order valence-corrected chi connectivity index (χ1v) is 3.32. The summed E-state index contributed by atoms with van der Waals surface area (Å²) in [4.78, 5) is 10.2. The predicted molar refractivity (Wildman–Crippen MR) is 39.1 cm³/mol. The zero-order valence-corrected chi connectivity index (χ0v) is 6.16. The predicted octanol–water partition coefficient (Wildman–Crippen LogP) is -0.238. The van der Waals surface area contributed by atoms with Crippen LogP contribution in [0.2, 0.25) is 0 Å². The largest absolute Gasteiger partial charge is 0.481 e. The van der Waals surface area contributed by atoms with E-state index >= 15 is 0 Å². The van der Waals surface area contributed by atoms with E-state index in [0.29, 0.717) is 12.0 Å². The van der Waals surface area contributed by atoms with Crippen LogP contribution in [-0.2, 0) is 4.79 Å². The van der Waals surface area contributed by atoms with Gasteiger partial charge < -0.3 is 15.3 Å². The van der Waals surface area contributed by atoms with Crippen molar-refractivity contribution >= 4 is 5.97 Å². The lowest BCUT2D eigenvalue weighted by Crippen LogP contribution is -2.00. The average molecular weight is 160 g/mol. The highest BCUT2D eigenvalue weighted by Gasteiger charge is 2.01. The minimum Gasteiger partial charge on any atom is -0.481 e. The third-order valence-corrected chi connectivity index (χ3v) is 1.19. The van der Waals surface area contributed by atoms with Gasteiger partial charge in [0.1, 0.15) is 0 Å². The highest BCUT2D eigenvalue weighted by molar-refractivity contribution is 5.69. The molecule has 0 amide bonds. The van der Waals surface area contributed by atoms with E-state index in [1.807, 2.05) is 0 Å². The van der Waals surface area contributed by atoms with Gasteiger partial charge in [0.15, 0.2) is 0 Å². The summed E-state index contributed by atoms with van der Waals surface area (Å²) in [5.41, 5.74) is 0.558. The van der Waals surface area contributed by atoms with E-state index in [1.54, 1.807) is 0 Å². The fourth-order valence-electron chi connectivity index (χ4n) is 0.730. The van der Waals surface area contributed by atoms with Crippen LogP contribution in [0.25, 0.3) is 0 Å². The molecule has 64 valence electrons. The first-order chi connectivity index (χ1) is 5.20. The van der Waals surface area contributed by atoms with Gasteiger partial charge in [-0.1, -0.05) is 11.6 Å². The van der Waals surface area contributed by atoms with Gasteiger partial charge in [0.2, 0.25) is 0 Å². The van der Waals surface area contributed by atoms with Crippen LogP contribution >= 0.6 is 0 Å². The molecule has 11 heavy (non-hydrogen) atoms. The smallest absolute Gasteiger partial charge is 0.307 e. The molecule has 0 saturated heterocycles. The molecule has 4 heteroatoms. The van der Waals surface area contributed by atoms with Gasteiger partial charge in [-0.25, -0.2) is 0 Å². The standard InChI is InChI=1S/C7H12O4/c8-3-1-6(2-4-9)5-7(10)11/h1,8-9H,2-5H2,(H,10,11). The van der Waals surface area contributed by atoms with Crippen molar-refractivity contribution in [2.75, 3.05) is 13.2 Å². The normalized spacial score (nSPS) is 11.6. The molecule has 0 aliphatic carbocycles. The summed E-state index contributed by atoms with van der Waals surface area (Å²) in [7, 11) is 0. The molecule has 0 aromatic carbocycles. The fraction of sp³-hybridized carbons (Fsp3) is 0.571. The lowest BCUT2D eigenvalue weighted by atomic mass is 10.1. The van der Waals surface area contributed by atoms with Crippen LogP contribution < -0.4 is 0 Å². The second kappa shape index (κ2) is 5.88. The minimum atomic E-state index is -0.946. The maximum atomic E-state index is 10.2. The molecule has 0 bridgehead atoms. The summed E-state index contributed by atoms with van der Waals surface area (Å²) in [5, 5.41) is 25.2. The van der Waals surface area contributed by atoms with E-state index in [0.717, 1.165) is 0 Å². The van der Waals surface area contributed by atoms with E-state index in [2.05, 4.69) is 0 Å². The van der Waals surface area contributed by atoms with Gasteiger partial charge >= 0.3 is 5.97 Å². The molecular formula is C7H12O4. The van der Waals surface area contributed by atoms with Crippen LogP contribution in [0.1, 0.15) is 12.8 Å². The zero-order chi connectivity index (χ0) is 8.69. The Balaban J connectivity index is 3.89. The minimum absolute atomic E-state index is 0.0842. The molecule has 0 spiro atoms. The number of carboxylic acid groups (broad SMARTS) is 1. The van der Waals surface area contributed by atoms with Crippen molar-refractivity contribution in [2.24, 2.45) is 0 Å². The highest BCUT2D eigenvalue weighted by atomic mass is 16.4. The van der Waals surface area contributed by atoms with Gasteiger partial charge in [-0.15, -0.1) is 0 Å². The second-order valence-corrected chi connectivity index (χ2v) is 2.09. The first kappa shape index (κ1) is 10.1. The molecule has 0 unspecified atom stereocenters. The Morgan fingerprint density at radius 1 is 1.36 bits per heavy atom. The second-order valence-electron chi connectivity index (χ2n) is 2.09. The molecule has 0 radical (unpaired) electrons. The molecule has 0 aliphatic heterocycles. The van der Waals surface area contributed by atoms with E-state index in [4.69, 9.17) is 15.3 Å². The van der Waals surface area contributed by atoms with Crippen LogP contribution in [0.4, 0.5) is 0 Å². The van der Waals surface area contributed by atoms with Gasteiger partial charge in [0.05, 0.1) is 13.0 Å². The Bertz CT molecular complexity index is 151. The molecule has 0 aliphatic rings. The summed E-state index contributed by atoms with van der Waals surface area (Å²) in [6.07, 6.45) is 1.61. The summed E-state index contributed by atoms with van der Waals surface area (Å²) in [6.45, 7) is -0.262. The summed E-state index contributed by atoms with van der Waals surface area (Å²) < 4.78 is 0. The van der Waals surface area contributed by atoms with Gasteiger partial charge in [-0.3, -0.25) is 4.79 Å². The molecule has 0 saturated carbocycles. The number of carboxylic acids is 1. The lowest BCUT2D eigenvalue weighted by Gasteiger charge is -1.99. The Labute approximate surface area is 64.8 Å². The summed E-state index contributed by atoms with van der Waals surface area (Å²) in [5.74, 6) is -0.946. The fourth-order valence-corrected chi connectivity index (χ4v) is 0.730. The molecule has 0 atom stereocenters. The summed E-state index contributed by atoms with van der Waals surface area (Å²) >= 11 is 0.